The second-order valence-electron chi connectivity index (χ2n) is 18.2. The van der Waals surface area contributed by atoms with Crippen molar-refractivity contribution in [1.82, 2.24) is 0 Å². The van der Waals surface area contributed by atoms with Crippen molar-refractivity contribution < 1.29 is 223 Å². The van der Waals surface area contributed by atoms with Gasteiger partial charge in [-0.05, 0) is 138 Å². The molecule has 10 rings (SSSR count). The summed E-state index contributed by atoms with van der Waals surface area (Å²) in [6.07, 6.45) is 0. The largest absolute Gasteiger partial charge is 1.00 e. The molecule has 432 valence electrons. The van der Waals surface area contributed by atoms with Gasteiger partial charge in [0.15, 0.2) is 11.5 Å². The minimum Gasteiger partial charge on any atom is -0.744 e. The van der Waals surface area contributed by atoms with Crippen molar-refractivity contribution in [2.45, 2.75) is 24.5 Å². The Morgan fingerprint density at radius 2 is 0.744 bits per heavy atom. The molecule has 0 bridgehead atoms. The van der Waals surface area contributed by atoms with Crippen LogP contribution in [0.2, 0.25) is 0 Å². The Labute approximate surface area is 621 Å². The molecule has 0 aliphatic heterocycles. The van der Waals surface area contributed by atoms with E-state index >= 15 is 0 Å². The van der Waals surface area contributed by atoms with E-state index < -0.39 is 104 Å². The van der Waals surface area contributed by atoms with Crippen LogP contribution >= 0.6 is 0 Å². The van der Waals surface area contributed by atoms with Gasteiger partial charge in [-0.3, -0.25) is 9.11 Å². The summed E-state index contributed by atoms with van der Waals surface area (Å²) in [5.74, 6) is -1.46. The zero-order valence-electron chi connectivity index (χ0n) is 47.3. The number of benzene rings is 10. The number of rotatable bonds is 15. The van der Waals surface area contributed by atoms with Crippen molar-refractivity contribution in [2.24, 2.45) is 40.9 Å². The van der Waals surface area contributed by atoms with Crippen LogP contribution in [0.25, 0.3) is 43.1 Å². The molecule has 0 amide bonds. The number of anilines is 4. The molecule has 0 spiro atoms. The van der Waals surface area contributed by atoms with Crippen LogP contribution in [0, 0.1) is 0 Å². The topological polar surface area (TPSA) is 484 Å². The molecule has 0 unspecified atom stereocenters. The smallest absolute Gasteiger partial charge is 0.744 e. The van der Waals surface area contributed by atoms with Gasteiger partial charge >= 0.3 is 148 Å². The first-order chi connectivity index (χ1) is 39.9. The van der Waals surface area contributed by atoms with Crippen LogP contribution in [0.4, 0.5) is 68.2 Å². The second-order valence-corrected chi connectivity index (χ2v) is 25.1. The summed E-state index contributed by atoms with van der Waals surface area (Å²) in [6.45, 7) is 0. The van der Waals surface area contributed by atoms with Gasteiger partial charge in [-0.1, -0.05) is 24.3 Å². The van der Waals surface area contributed by atoms with E-state index in [9.17, 15) is 75.1 Å². The van der Waals surface area contributed by atoms with Crippen molar-refractivity contribution in [3.8, 4) is 11.5 Å². The van der Waals surface area contributed by atoms with Crippen LogP contribution in [0.15, 0.2) is 217 Å². The Kier molecular flexibility index (Phi) is 25.0. The van der Waals surface area contributed by atoms with Crippen LogP contribution in [0.3, 0.4) is 0 Å². The fourth-order valence-corrected chi connectivity index (χ4v) is 11.6. The van der Waals surface area contributed by atoms with Crippen LogP contribution in [-0.4, -0.2) is 75.1 Å². The summed E-state index contributed by atoms with van der Waals surface area (Å²) in [7, 11) is -25.5. The Bertz CT molecular complexity index is 5270. The van der Waals surface area contributed by atoms with Crippen LogP contribution in [-0.2, 0) is 50.6 Å². The third-order valence-corrected chi connectivity index (χ3v) is 16.9. The zero-order valence-corrected chi connectivity index (χ0v) is 61.4. The predicted octanol–water partition coefficient (Wildman–Crippen LogP) is -3.49. The van der Waals surface area contributed by atoms with E-state index in [1.807, 2.05) is 0 Å². The number of hydrogen-bond donors (Lipinski definition) is 7. The van der Waals surface area contributed by atoms with Crippen LogP contribution in [0.1, 0.15) is 0 Å². The first-order valence-electron chi connectivity index (χ1n) is 23.7. The molecule has 0 aliphatic rings. The third kappa shape index (κ3) is 16.9. The quantitative estimate of drug-likeness (QED) is 0.0227. The number of nitrogens with zero attached hydrogens (tertiary/aromatic N) is 8. The molecular weight excluding hydrogens is 1330 g/mol. The Balaban J connectivity index is 0.00000295. The van der Waals surface area contributed by atoms with Gasteiger partial charge in [-0.2, -0.15) is 21.9 Å². The maximum absolute atomic E-state index is 12.7. The van der Waals surface area contributed by atoms with Crippen LogP contribution in [0.5, 0.6) is 11.5 Å². The number of nitrogens with two attached hydrogens (primary N) is 2. The minimum atomic E-state index is -5.31. The van der Waals surface area contributed by atoms with Gasteiger partial charge in [-0.25, -0.2) is 25.3 Å². The second kappa shape index (κ2) is 29.6. The Morgan fingerprint density at radius 3 is 1.21 bits per heavy atom. The average Bonchev–Trinajstić information content (AvgIpc) is 0.898. The Hall–Kier alpha value is -4.81. The molecule has 9 N–H and O–H groups in total. The van der Waals surface area contributed by atoms with Gasteiger partial charge in [0.1, 0.15) is 52.3 Å². The molecule has 0 aromatic heterocycles. The first-order valence-corrected chi connectivity index (χ1v) is 30.8. The summed E-state index contributed by atoms with van der Waals surface area (Å²) >= 11 is 0. The van der Waals surface area contributed by atoms with E-state index in [-0.39, 0.29) is 236 Å². The predicted molar refractivity (Wildman–Crippen MR) is 304 cm³/mol. The number of azo groups is 4. The monoisotopic (exact) mass is 1360 g/mol. The number of nitrogen functional groups attached to an aromatic ring is 2. The summed E-state index contributed by atoms with van der Waals surface area (Å²) in [4.78, 5) is -3.93. The van der Waals surface area contributed by atoms with Crippen molar-refractivity contribution in [2.75, 3.05) is 16.8 Å². The van der Waals surface area contributed by atoms with Gasteiger partial charge in [0.2, 0.25) is 0 Å². The molecule has 10 aromatic carbocycles. The number of nitrogens with one attached hydrogen (secondary N) is 1. The van der Waals surface area contributed by atoms with E-state index in [0.29, 0.717) is 5.69 Å². The number of hydrogen-bond acceptors (Lipinski definition) is 26. The van der Waals surface area contributed by atoms with Crippen molar-refractivity contribution in [3.63, 3.8) is 0 Å². The summed E-state index contributed by atoms with van der Waals surface area (Å²) < 4.78 is 180. The van der Waals surface area contributed by atoms with E-state index in [1.165, 1.54) is 97.1 Å². The zero-order chi connectivity index (χ0) is 61.1. The van der Waals surface area contributed by atoms with E-state index in [4.69, 9.17) is 11.5 Å². The molecule has 0 heterocycles. The molecular formula is C52H34N11Na5O17S5+2. The molecule has 0 aliphatic carbocycles. The third-order valence-electron chi connectivity index (χ3n) is 12.6. The number of fused-ring (bicyclic) bond motifs is 4. The molecule has 0 fully saturated rings. The molecule has 90 heavy (non-hydrogen) atoms. The van der Waals surface area contributed by atoms with Crippen LogP contribution < -0.4 is 165 Å². The Morgan fingerprint density at radius 1 is 0.344 bits per heavy atom. The maximum atomic E-state index is 12.7. The van der Waals surface area contributed by atoms with Gasteiger partial charge in [0.05, 0.1) is 48.0 Å². The molecule has 0 saturated heterocycles. The molecule has 0 atom stereocenters. The van der Waals surface area contributed by atoms with Crippen molar-refractivity contribution in [1.29, 1.82) is 0 Å². The number of aromatic hydroxyl groups is 2. The summed E-state index contributed by atoms with van der Waals surface area (Å²) in [5.41, 5.74) is 10.5. The fourth-order valence-electron chi connectivity index (χ4n) is 8.63. The minimum absolute atomic E-state index is 0. The first kappa shape index (κ1) is 75.9. The van der Waals surface area contributed by atoms with Gasteiger partial charge < -0.3 is 40.7 Å². The maximum Gasteiger partial charge on any atom is 1.00 e. The summed E-state index contributed by atoms with van der Waals surface area (Å²) in [6, 6.07) is 31.1. The molecule has 0 saturated carbocycles. The van der Waals surface area contributed by atoms with Gasteiger partial charge in [0.25, 0.3) is 20.2 Å². The van der Waals surface area contributed by atoms with E-state index in [2.05, 4.69) is 46.2 Å². The van der Waals surface area contributed by atoms with E-state index in [1.54, 1.807) is 0 Å². The fraction of sp³-hybridized carbons (Fsp3) is 0. The van der Waals surface area contributed by atoms with Gasteiger partial charge in [0, 0.05) is 55.1 Å². The summed E-state index contributed by atoms with van der Waals surface area (Å²) in [5, 5.41) is 58.0. The molecule has 38 heteroatoms. The van der Waals surface area contributed by atoms with Crippen molar-refractivity contribution in [3.05, 3.63) is 152 Å². The number of phenols is 2. The molecule has 0 radical (unpaired) electrons. The molecule has 10 aromatic rings. The van der Waals surface area contributed by atoms with E-state index in [0.717, 1.165) is 54.6 Å². The SMILES string of the molecule is Nc1ccc2cc(S(=O)(=O)[O-])c(N=Nc3ccc(N=Nc4ccc(Nc5ccc(N=Nc6ccc(N=Nc7c(S(=O)(=O)O)cc8ccc(N)cc8c7O)c7cc(S(=O)(=O)O)ccc67)cc5)cc4S(=O)(=O)[O-])c4cc(S(=O)(=O)[O-])ccc34)c(O)c2c1.[Na+].[Na+].[Na+].[Na+].[Na+]. The van der Waals surface area contributed by atoms with Crippen molar-refractivity contribution >= 4 is 162 Å². The molecule has 28 nitrogen and oxygen atoms in total. The standard InChI is InChI=1S/C52H37N11O17S5.5Na/c53-28-3-1-26-19-47(84(75,76)77)49(51(64)37(26)21-28)62-59-42-16-17-43(39-24-33(81(66,67)68)11-13-36(39)42)58-61-45-14-9-32(23-46(45)83(72,73)74)55-30-5-7-31(8-6-30)56-57-41-15-18-44(40-25-34(82(69,70)71)10-12-35(40)41)60-63-50-48(85(78,79)80)20-27-2-4-29(54)22-38(27)52(50)65;;;;;/h1-25,55,64-65H,53-54H2,(H,66,67,68)(H,69,70,71)(H,72,73,74)(H,75,76,77)(H,78,79,80);;;;;/q;5*+1/p-3. The number of phenolic OH excluding ortho intramolecular Hbond substituents is 2. The average molecular weight is 1360 g/mol. The normalized spacial score (nSPS) is 12.3. The van der Waals surface area contributed by atoms with Gasteiger partial charge in [-0.15, -0.1) is 35.8 Å².